The van der Waals surface area contributed by atoms with Gasteiger partial charge in [0.15, 0.2) is 0 Å². The number of H-pyrrole nitrogens is 1. The van der Waals surface area contributed by atoms with Crippen molar-refractivity contribution in [2.75, 3.05) is 0 Å². The summed E-state index contributed by atoms with van der Waals surface area (Å²) in [5.74, 6) is -0.01000. The lowest BCUT2D eigenvalue weighted by molar-refractivity contribution is 0.00953. The van der Waals surface area contributed by atoms with Crippen molar-refractivity contribution in [1.29, 1.82) is 0 Å². The fourth-order valence-corrected chi connectivity index (χ4v) is 2.74. The number of amides is 1. The molecule has 120 valence electrons. The standard InChI is InChI=1S/C17H19N3O3/c1-16(2,15-18-7-8-19-15)20-13(21)10-5-6-12-11(9-10)14(22)23-17(12,3)4/h5-9H,1-4H3,(H,18,19)(H,20,21). The van der Waals surface area contributed by atoms with Gasteiger partial charge in [-0.1, -0.05) is 6.07 Å². The van der Waals surface area contributed by atoms with Crippen LogP contribution in [0.15, 0.2) is 30.6 Å². The average molecular weight is 313 g/mol. The molecule has 0 saturated heterocycles. The molecule has 1 aromatic carbocycles. The number of hydrogen-bond acceptors (Lipinski definition) is 4. The predicted molar refractivity (Wildman–Crippen MR) is 84.0 cm³/mol. The number of carbonyl (C=O) groups excluding carboxylic acids is 2. The molecule has 6 heteroatoms. The molecule has 0 bridgehead atoms. The van der Waals surface area contributed by atoms with Crippen LogP contribution in [0.25, 0.3) is 0 Å². The van der Waals surface area contributed by atoms with Crippen molar-refractivity contribution in [3.05, 3.63) is 53.1 Å². The van der Waals surface area contributed by atoms with Gasteiger partial charge in [0.05, 0.1) is 11.1 Å². The van der Waals surface area contributed by atoms with Gasteiger partial charge < -0.3 is 15.0 Å². The van der Waals surface area contributed by atoms with Crippen molar-refractivity contribution in [2.45, 2.75) is 38.8 Å². The number of fused-ring (bicyclic) bond motifs is 1. The monoisotopic (exact) mass is 313 g/mol. The van der Waals surface area contributed by atoms with Crippen LogP contribution in [0.3, 0.4) is 0 Å². The summed E-state index contributed by atoms with van der Waals surface area (Å²) in [5.41, 5.74) is 0.342. The molecular formula is C17H19N3O3. The van der Waals surface area contributed by atoms with Crippen LogP contribution >= 0.6 is 0 Å². The van der Waals surface area contributed by atoms with Crippen LogP contribution in [0, 0.1) is 0 Å². The highest BCUT2D eigenvalue weighted by molar-refractivity contribution is 6.00. The maximum atomic E-state index is 12.5. The molecule has 6 nitrogen and oxygen atoms in total. The molecule has 2 N–H and O–H groups in total. The SMILES string of the molecule is CC(C)(NC(=O)c1ccc2c(c1)C(=O)OC2(C)C)c1ncc[nH]1. The van der Waals surface area contributed by atoms with Crippen LogP contribution < -0.4 is 5.32 Å². The number of aromatic amines is 1. The van der Waals surface area contributed by atoms with E-state index in [1.165, 1.54) is 0 Å². The smallest absolute Gasteiger partial charge is 0.339 e. The number of nitrogens with one attached hydrogen (secondary N) is 2. The van der Waals surface area contributed by atoms with Crippen molar-refractivity contribution in [1.82, 2.24) is 15.3 Å². The van der Waals surface area contributed by atoms with Gasteiger partial charge in [0.25, 0.3) is 5.91 Å². The minimum Gasteiger partial charge on any atom is -0.451 e. The van der Waals surface area contributed by atoms with Crippen molar-refractivity contribution >= 4 is 11.9 Å². The lowest BCUT2D eigenvalue weighted by Crippen LogP contribution is -2.41. The van der Waals surface area contributed by atoms with E-state index in [1.807, 2.05) is 27.7 Å². The van der Waals surface area contributed by atoms with Gasteiger partial charge in [-0.2, -0.15) is 0 Å². The van der Waals surface area contributed by atoms with Gasteiger partial charge in [-0.25, -0.2) is 9.78 Å². The summed E-state index contributed by atoms with van der Waals surface area (Å²) in [6, 6.07) is 5.06. The Kier molecular flexibility index (Phi) is 3.28. The normalized spacial score (nSPS) is 15.9. The summed E-state index contributed by atoms with van der Waals surface area (Å²) in [5, 5.41) is 2.92. The number of carbonyl (C=O) groups is 2. The maximum Gasteiger partial charge on any atom is 0.339 e. The summed E-state index contributed by atoms with van der Waals surface area (Å²) in [6.45, 7) is 7.37. The molecule has 0 saturated carbocycles. The van der Waals surface area contributed by atoms with Gasteiger partial charge in [0, 0.05) is 23.5 Å². The number of cyclic esters (lactones) is 1. The van der Waals surface area contributed by atoms with E-state index in [0.29, 0.717) is 17.0 Å². The first-order valence-corrected chi connectivity index (χ1v) is 7.41. The van der Waals surface area contributed by atoms with E-state index < -0.39 is 17.1 Å². The fraction of sp³-hybridized carbons (Fsp3) is 0.353. The molecule has 0 spiro atoms. The molecule has 1 aliphatic rings. The molecular weight excluding hydrogens is 294 g/mol. The quantitative estimate of drug-likeness (QED) is 0.853. The van der Waals surface area contributed by atoms with Crippen LogP contribution in [0.1, 0.15) is 59.8 Å². The van der Waals surface area contributed by atoms with Crippen LogP contribution in [0.4, 0.5) is 0 Å². The third-order valence-corrected chi connectivity index (χ3v) is 4.01. The molecule has 3 rings (SSSR count). The van der Waals surface area contributed by atoms with Crippen molar-refractivity contribution in [2.24, 2.45) is 0 Å². The second-order valence-electron chi connectivity index (χ2n) is 6.68. The first-order chi connectivity index (χ1) is 10.7. The minimum atomic E-state index is -0.658. The molecule has 0 unspecified atom stereocenters. The van der Waals surface area contributed by atoms with Crippen LogP contribution in [0.5, 0.6) is 0 Å². The Morgan fingerprint density at radius 3 is 2.74 bits per heavy atom. The molecule has 1 aliphatic heterocycles. The molecule has 1 amide bonds. The number of ether oxygens (including phenoxy) is 1. The third kappa shape index (κ3) is 2.60. The number of rotatable bonds is 3. The molecule has 1 aromatic heterocycles. The van der Waals surface area contributed by atoms with Gasteiger partial charge in [-0.3, -0.25) is 4.79 Å². The number of imidazole rings is 1. The summed E-state index contributed by atoms with van der Waals surface area (Å²) >= 11 is 0. The number of aromatic nitrogens is 2. The Morgan fingerprint density at radius 2 is 2.09 bits per heavy atom. The Labute approximate surface area is 134 Å². The highest BCUT2D eigenvalue weighted by Gasteiger charge is 2.38. The lowest BCUT2D eigenvalue weighted by Gasteiger charge is -2.24. The zero-order valence-electron chi connectivity index (χ0n) is 13.6. The summed E-state index contributed by atoms with van der Waals surface area (Å²) in [4.78, 5) is 31.7. The summed E-state index contributed by atoms with van der Waals surface area (Å²) in [6.07, 6.45) is 3.34. The van der Waals surface area contributed by atoms with E-state index in [9.17, 15) is 9.59 Å². The van der Waals surface area contributed by atoms with Gasteiger partial charge >= 0.3 is 5.97 Å². The Balaban J connectivity index is 1.87. The topological polar surface area (TPSA) is 84.1 Å². The van der Waals surface area contributed by atoms with E-state index in [-0.39, 0.29) is 5.91 Å². The fourth-order valence-electron chi connectivity index (χ4n) is 2.74. The second-order valence-corrected chi connectivity index (χ2v) is 6.68. The highest BCUT2D eigenvalue weighted by Crippen LogP contribution is 2.36. The summed E-state index contributed by atoms with van der Waals surface area (Å²) in [7, 11) is 0. The molecule has 2 heterocycles. The van der Waals surface area contributed by atoms with Gasteiger partial charge in [0.1, 0.15) is 11.4 Å². The Bertz CT molecular complexity index is 776. The van der Waals surface area contributed by atoms with Gasteiger partial charge in [0.2, 0.25) is 0 Å². The zero-order chi connectivity index (χ0) is 16.8. The predicted octanol–water partition coefficient (Wildman–Crippen LogP) is 2.48. The van der Waals surface area contributed by atoms with E-state index in [2.05, 4.69) is 15.3 Å². The zero-order valence-corrected chi connectivity index (χ0v) is 13.6. The molecule has 2 aromatic rings. The Hall–Kier alpha value is -2.63. The lowest BCUT2D eigenvalue weighted by atomic mass is 9.94. The van der Waals surface area contributed by atoms with Crippen molar-refractivity contribution in [3.8, 4) is 0 Å². The van der Waals surface area contributed by atoms with Crippen LogP contribution in [-0.2, 0) is 15.9 Å². The largest absolute Gasteiger partial charge is 0.451 e. The van der Waals surface area contributed by atoms with Crippen molar-refractivity contribution in [3.63, 3.8) is 0 Å². The first kappa shape index (κ1) is 15.3. The van der Waals surface area contributed by atoms with E-state index in [4.69, 9.17) is 4.74 Å². The first-order valence-electron chi connectivity index (χ1n) is 7.41. The third-order valence-electron chi connectivity index (χ3n) is 4.01. The number of esters is 1. The maximum absolute atomic E-state index is 12.5. The molecule has 0 fully saturated rings. The van der Waals surface area contributed by atoms with Crippen LogP contribution in [0.2, 0.25) is 0 Å². The van der Waals surface area contributed by atoms with E-state index in [0.717, 1.165) is 5.56 Å². The molecule has 23 heavy (non-hydrogen) atoms. The molecule has 0 radical (unpaired) electrons. The number of benzene rings is 1. The van der Waals surface area contributed by atoms with Crippen molar-refractivity contribution < 1.29 is 14.3 Å². The minimum absolute atomic E-state index is 0.272. The number of nitrogens with zero attached hydrogens (tertiary/aromatic N) is 1. The number of hydrogen-bond donors (Lipinski definition) is 2. The Morgan fingerprint density at radius 1 is 1.35 bits per heavy atom. The van der Waals surface area contributed by atoms with Crippen LogP contribution in [-0.4, -0.2) is 21.8 Å². The molecule has 0 aliphatic carbocycles. The highest BCUT2D eigenvalue weighted by atomic mass is 16.6. The second kappa shape index (κ2) is 4.94. The van der Waals surface area contributed by atoms with Gasteiger partial charge in [-0.05, 0) is 39.8 Å². The molecule has 0 atom stereocenters. The average Bonchev–Trinajstić information content (AvgIpc) is 3.06. The van der Waals surface area contributed by atoms with Gasteiger partial charge in [-0.15, -0.1) is 0 Å². The van der Waals surface area contributed by atoms with E-state index >= 15 is 0 Å². The summed E-state index contributed by atoms with van der Waals surface area (Å²) < 4.78 is 5.33. The van der Waals surface area contributed by atoms with E-state index in [1.54, 1.807) is 30.6 Å².